The smallest absolute Gasteiger partial charge is 0.262 e. The predicted octanol–water partition coefficient (Wildman–Crippen LogP) is 3.27. The number of hydrogen-bond donors (Lipinski definition) is 0. The summed E-state index contributed by atoms with van der Waals surface area (Å²) in [5, 5.41) is 0.557. The molecule has 1 aliphatic rings. The van der Waals surface area contributed by atoms with Crippen LogP contribution in [0, 0.1) is 0 Å². The molecule has 1 atom stereocenters. The number of ether oxygens (including phenoxy) is 1. The highest BCUT2D eigenvalue weighted by Gasteiger charge is 2.30. The van der Waals surface area contributed by atoms with Gasteiger partial charge in [0.2, 0.25) is 5.91 Å². The van der Waals surface area contributed by atoms with Crippen molar-refractivity contribution in [3.05, 3.63) is 83.2 Å². The fourth-order valence-electron chi connectivity index (χ4n) is 3.47. The Morgan fingerprint density at radius 3 is 2.57 bits per heavy atom. The third-order valence-corrected chi connectivity index (χ3v) is 6.24. The number of amides is 1. The average molecular weight is 422 g/mol. The van der Waals surface area contributed by atoms with Crippen LogP contribution in [0.5, 0.6) is 0 Å². The highest BCUT2D eigenvalue weighted by molar-refractivity contribution is 8.00. The van der Waals surface area contributed by atoms with Crippen molar-refractivity contribution in [3.63, 3.8) is 0 Å². The van der Waals surface area contributed by atoms with E-state index in [9.17, 15) is 9.59 Å². The zero-order valence-electron chi connectivity index (χ0n) is 16.6. The Kier molecular flexibility index (Phi) is 6.30. The molecular weight excluding hydrogens is 398 g/mol. The van der Waals surface area contributed by atoms with Crippen LogP contribution in [0.4, 0.5) is 0 Å². The number of aromatic nitrogens is 2. The van der Waals surface area contributed by atoms with Crippen LogP contribution in [-0.2, 0) is 16.1 Å². The maximum absolute atomic E-state index is 13.4. The number of benzene rings is 2. The molecule has 0 N–H and O–H groups in total. The summed E-state index contributed by atoms with van der Waals surface area (Å²) in [5.74, 6) is 0.00191. The van der Waals surface area contributed by atoms with E-state index in [0.29, 0.717) is 48.9 Å². The predicted molar refractivity (Wildman–Crippen MR) is 119 cm³/mol. The van der Waals surface area contributed by atoms with Gasteiger partial charge in [-0.25, -0.2) is 4.98 Å². The Morgan fingerprint density at radius 1 is 1.13 bits per heavy atom. The summed E-state index contributed by atoms with van der Waals surface area (Å²) in [6.07, 6.45) is 1.67. The number of nitrogens with zero attached hydrogens (tertiary/aromatic N) is 3. The number of rotatable bonds is 6. The highest BCUT2D eigenvalue weighted by Crippen LogP contribution is 2.36. The van der Waals surface area contributed by atoms with Crippen LogP contribution < -0.4 is 5.56 Å². The molecule has 1 aliphatic heterocycles. The molecule has 0 spiro atoms. The molecule has 0 saturated carbocycles. The van der Waals surface area contributed by atoms with E-state index in [1.54, 1.807) is 16.7 Å². The number of morpholine rings is 1. The van der Waals surface area contributed by atoms with E-state index >= 15 is 0 Å². The first-order valence-electron chi connectivity index (χ1n) is 9.87. The summed E-state index contributed by atoms with van der Waals surface area (Å²) in [4.78, 5) is 33.1. The van der Waals surface area contributed by atoms with Crippen molar-refractivity contribution in [3.8, 4) is 0 Å². The molecule has 0 radical (unpaired) electrons. The van der Waals surface area contributed by atoms with E-state index in [1.807, 2.05) is 53.4 Å². The van der Waals surface area contributed by atoms with Crippen LogP contribution in [0.1, 0.15) is 10.8 Å². The highest BCUT2D eigenvalue weighted by atomic mass is 32.2. The van der Waals surface area contributed by atoms with Crippen LogP contribution in [0.15, 0.2) is 77.2 Å². The van der Waals surface area contributed by atoms with Crippen LogP contribution >= 0.6 is 11.8 Å². The molecular formula is C23H23N3O3S. The molecule has 7 heteroatoms. The summed E-state index contributed by atoms with van der Waals surface area (Å²) >= 11 is 1.31. The zero-order chi connectivity index (χ0) is 20.9. The number of carbonyl (C=O) groups is 1. The van der Waals surface area contributed by atoms with Crippen molar-refractivity contribution < 1.29 is 9.53 Å². The van der Waals surface area contributed by atoms with Gasteiger partial charge in [-0.3, -0.25) is 14.2 Å². The second kappa shape index (κ2) is 9.28. The van der Waals surface area contributed by atoms with Gasteiger partial charge in [-0.05, 0) is 17.7 Å². The van der Waals surface area contributed by atoms with E-state index in [0.717, 1.165) is 5.56 Å². The van der Waals surface area contributed by atoms with Gasteiger partial charge in [0.25, 0.3) is 5.56 Å². The maximum atomic E-state index is 13.4. The van der Waals surface area contributed by atoms with E-state index in [-0.39, 0.29) is 11.5 Å². The summed E-state index contributed by atoms with van der Waals surface area (Å²) in [6.45, 7) is 6.30. The molecule has 154 valence electrons. The largest absolute Gasteiger partial charge is 0.378 e. The monoisotopic (exact) mass is 421 g/mol. The Balaban J connectivity index is 1.78. The molecule has 4 rings (SSSR count). The fraction of sp³-hybridized carbons (Fsp3) is 0.261. The van der Waals surface area contributed by atoms with Crippen LogP contribution in [-0.4, -0.2) is 46.7 Å². The topological polar surface area (TPSA) is 64.4 Å². The lowest BCUT2D eigenvalue weighted by Crippen LogP contribution is -2.42. The Hall–Kier alpha value is -2.90. The Bertz CT molecular complexity index is 1110. The normalized spacial score (nSPS) is 15.1. The van der Waals surface area contributed by atoms with Crippen molar-refractivity contribution in [1.29, 1.82) is 0 Å². The molecule has 1 saturated heterocycles. The number of fused-ring (bicyclic) bond motifs is 1. The molecule has 6 nitrogen and oxygen atoms in total. The second-order valence-corrected chi connectivity index (χ2v) is 8.03. The van der Waals surface area contributed by atoms with Gasteiger partial charge in [0.15, 0.2) is 5.16 Å². The molecule has 1 amide bonds. The fourth-order valence-corrected chi connectivity index (χ4v) is 4.66. The lowest BCUT2D eigenvalue weighted by Gasteiger charge is -2.30. The SMILES string of the molecule is C=CCn1c(S[C@@H](C(=O)N2CCOCC2)c2ccccc2)nc2ccccc2c1=O. The zero-order valence-corrected chi connectivity index (χ0v) is 17.4. The van der Waals surface area contributed by atoms with Crippen molar-refractivity contribution in [2.24, 2.45) is 0 Å². The van der Waals surface area contributed by atoms with Gasteiger partial charge in [0.1, 0.15) is 5.25 Å². The number of carbonyl (C=O) groups excluding carboxylic acids is 1. The van der Waals surface area contributed by atoms with Crippen molar-refractivity contribution >= 4 is 28.6 Å². The standard InChI is InChI=1S/C23H23N3O3S/c1-2-12-26-21(27)18-10-6-7-11-19(18)24-23(26)30-20(17-8-4-3-5-9-17)22(28)25-13-15-29-16-14-25/h2-11,20H,1,12-16H2/t20-/m1/s1. The lowest BCUT2D eigenvalue weighted by atomic mass is 10.1. The second-order valence-electron chi connectivity index (χ2n) is 6.96. The minimum Gasteiger partial charge on any atom is -0.378 e. The van der Waals surface area contributed by atoms with Gasteiger partial charge in [-0.15, -0.1) is 6.58 Å². The summed E-state index contributed by atoms with van der Waals surface area (Å²) in [7, 11) is 0. The average Bonchev–Trinajstić information content (AvgIpc) is 2.80. The van der Waals surface area contributed by atoms with Gasteiger partial charge in [0.05, 0.1) is 24.1 Å². The van der Waals surface area contributed by atoms with E-state index < -0.39 is 5.25 Å². The molecule has 3 aromatic rings. The minimum atomic E-state index is -0.506. The van der Waals surface area contributed by atoms with Gasteiger partial charge in [-0.1, -0.05) is 60.3 Å². The summed E-state index contributed by atoms with van der Waals surface area (Å²) in [6, 6.07) is 16.9. The van der Waals surface area contributed by atoms with E-state index in [1.165, 1.54) is 11.8 Å². The van der Waals surface area contributed by atoms with E-state index in [4.69, 9.17) is 9.72 Å². The van der Waals surface area contributed by atoms with E-state index in [2.05, 4.69) is 6.58 Å². The third kappa shape index (κ3) is 4.17. The van der Waals surface area contributed by atoms with Crippen LogP contribution in [0.2, 0.25) is 0 Å². The molecule has 1 fully saturated rings. The van der Waals surface area contributed by atoms with Crippen LogP contribution in [0.25, 0.3) is 10.9 Å². The number of allylic oxidation sites excluding steroid dienone is 1. The molecule has 0 bridgehead atoms. The summed E-state index contributed by atoms with van der Waals surface area (Å²) < 4.78 is 6.98. The quantitative estimate of drug-likeness (QED) is 0.347. The molecule has 1 aromatic heterocycles. The molecule has 0 unspecified atom stereocenters. The van der Waals surface area contributed by atoms with Gasteiger partial charge < -0.3 is 9.64 Å². The number of para-hydroxylation sites is 1. The number of thioether (sulfide) groups is 1. The molecule has 2 heterocycles. The Labute approximate surface area is 179 Å². The molecule has 30 heavy (non-hydrogen) atoms. The third-order valence-electron chi connectivity index (χ3n) is 5.01. The first kappa shape index (κ1) is 20.4. The number of hydrogen-bond acceptors (Lipinski definition) is 5. The van der Waals surface area contributed by atoms with Gasteiger partial charge in [0, 0.05) is 19.6 Å². The minimum absolute atomic E-state index is 0.00191. The molecule has 0 aliphatic carbocycles. The summed E-state index contributed by atoms with van der Waals surface area (Å²) in [5.41, 5.74) is 1.37. The van der Waals surface area contributed by atoms with Crippen molar-refractivity contribution in [2.75, 3.05) is 26.3 Å². The molecule has 2 aromatic carbocycles. The Morgan fingerprint density at radius 2 is 1.83 bits per heavy atom. The maximum Gasteiger partial charge on any atom is 0.262 e. The first-order valence-corrected chi connectivity index (χ1v) is 10.8. The lowest BCUT2D eigenvalue weighted by molar-refractivity contribution is -0.134. The van der Waals surface area contributed by atoms with Crippen molar-refractivity contribution in [1.82, 2.24) is 14.5 Å². The van der Waals surface area contributed by atoms with Crippen LogP contribution in [0.3, 0.4) is 0 Å². The van der Waals surface area contributed by atoms with Crippen molar-refractivity contribution in [2.45, 2.75) is 17.0 Å². The first-order chi connectivity index (χ1) is 14.7. The van der Waals surface area contributed by atoms with Gasteiger partial charge in [-0.2, -0.15) is 0 Å². The van der Waals surface area contributed by atoms with Gasteiger partial charge >= 0.3 is 0 Å².